The molecule has 26 heavy (non-hydrogen) atoms. The van der Waals surface area contributed by atoms with Crippen molar-refractivity contribution in [2.45, 2.75) is 40.3 Å². The van der Waals surface area contributed by atoms with Crippen LogP contribution in [0.25, 0.3) is 0 Å². The standard InChI is InChI=1S/C19H22BrN5O/c1-12-7-5-6-8-16(12)10-24-11-17(9-21-24)22-19(26)15(4)25-14(3)18(20)13(2)23-25/h5-9,11,15H,10H2,1-4H3,(H,22,26). The van der Waals surface area contributed by atoms with Gasteiger partial charge in [0.25, 0.3) is 0 Å². The SMILES string of the molecule is Cc1ccccc1Cn1cc(NC(=O)C(C)n2nc(C)c(Br)c2C)cn1. The normalized spacial score (nSPS) is 12.2. The third-order valence-corrected chi connectivity index (χ3v) is 5.62. The molecule has 0 bridgehead atoms. The van der Waals surface area contributed by atoms with E-state index < -0.39 is 6.04 Å². The lowest BCUT2D eigenvalue weighted by molar-refractivity contribution is -0.119. The average molecular weight is 416 g/mol. The van der Waals surface area contributed by atoms with E-state index in [2.05, 4.69) is 50.5 Å². The van der Waals surface area contributed by atoms with E-state index in [9.17, 15) is 4.79 Å². The van der Waals surface area contributed by atoms with Crippen molar-refractivity contribution < 1.29 is 4.79 Å². The van der Waals surface area contributed by atoms with Crippen LogP contribution in [-0.2, 0) is 11.3 Å². The van der Waals surface area contributed by atoms with Crippen LogP contribution in [0.4, 0.5) is 5.69 Å². The Morgan fingerprint density at radius 3 is 2.65 bits per heavy atom. The molecule has 1 atom stereocenters. The monoisotopic (exact) mass is 415 g/mol. The zero-order chi connectivity index (χ0) is 18.8. The summed E-state index contributed by atoms with van der Waals surface area (Å²) in [5.74, 6) is -0.126. The summed E-state index contributed by atoms with van der Waals surface area (Å²) in [5, 5.41) is 11.7. The van der Waals surface area contributed by atoms with Gasteiger partial charge in [-0.15, -0.1) is 0 Å². The van der Waals surface area contributed by atoms with E-state index >= 15 is 0 Å². The highest BCUT2D eigenvalue weighted by Gasteiger charge is 2.20. The van der Waals surface area contributed by atoms with Gasteiger partial charge < -0.3 is 5.32 Å². The Balaban J connectivity index is 1.69. The van der Waals surface area contributed by atoms with Crippen molar-refractivity contribution in [2.24, 2.45) is 0 Å². The fraction of sp³-hybridized carbons (Fsp3) is 0.316. The molecular weight excluding hydrogens is 394 g/mol. The molecule has 136 valence electrons. The molecule has 0 saturated carbocycles. The number of rotatable bonds is 5. The highest BCUT2D eigenvalue weighted by Crippen LogP contribution is 2.23. The Morgan fingerprint density at radius 2 is 2.00 bits per heavy atom. The van der Waals surface area contributed by atoms with Gasteiger partial charge in [0.15, 0.2) is 0 Å². The average Bonchev–Trinajstić information content (AvgIpc) is 3.16. The third-order valence-electron chi connectivity index (χ3n) is 4.48. The zero-order valence-corrected chi connectivity index (χ0v) is 16.9. The smallest absolute Gasteiger partial charge is 0.249 e. The minimum atomic E-state index is -0.417. The molecule has 2 heterocycles. The highest BCUT2D eigenvalue weighted by atomic mass is 79.9. The van der Waals surface area contributed by atoms with Crippen molar-refractivity contribution in [2.75, 3.05) is 5.32 Å². The quantitative estimate of drug-likeness (QED) is 0.684. The predicted molar refractivity (Wildman–Crippen MR) is 105 cm³/mol. The molecule has 7 heteroatoms. The number of hydrogen-bond donors (Lipinski definition) is 1. The van der Waals surface area contributed by atoms with Crippen LogP contribution in [0.2, 0.25) is 0 Å². The Kier molecular flexibility index (Phi) is 5.27. The first-order valence-electron chi connectivity index (χ1n) is 8.46. The summed E-state index contributed by atoms with van der Waals surface area (Å²) in [6, 6.07) is 7.78. The maximum Gasteiger partial charge on any atom is 0.249 e. The van der Waals surface area contributed by atoms with E-state index in [-0.39, 0.29) is 5.91 Å². The molecule has 1 unspecified atom stereocenters. The maximum absolute atomic E-state index is 12.6. The van der Waals surface area contributed by atoms with Crippen LogP contribution < -0.4 is 5.32 Å². The zero-order valence-electron chi connectivity index (χ0n) is 15.3. The van der Waals surface area contributed by atoms with Gasteiger partial charge in [0.1, 0.15) is 6.04 Å². The molecule has 6 nitrogen and oxygen atoms in total. The van der Waals surface area contributed by atoms with Crippen molar-refractivity contribution in [3.05, 3.63) is 63.6 Å². The number of carbonyl (C=O) groups is 1. The number of halogens is 1. The van der Waals surface area contributed by atoms with Gasteiger partial charge in [0, 0.05) is 6.20 Å². The second-order valence-corrected chi connectivity index (χ2v) is 7.24. The summed E-state index contributed by atoms with van der Waals surface area (Å²) in [7, 11) is 0. The maximum atomic E-state index is 12.6. The van der Waals surface area contributed by atoms with Gasteiger partial charge in [-0.1, -0.05) is 24.3 Å². The van der Waals surface area contributed by atoms with Gasteiger partial charge in [0.2, 0.25) is 5.91 Å². The fourth-order valence-electron chi connectivity index (χ4n) is 2.85. The number of benzene rings is 1. The van der Waals surface area contributed by atoms with Gasteiger partial charge in [-0.25, -0.2) is 0 Å². The van der Waals surface area contributed by atoms with Crippen molar-refractivity contribution in [3.8, 4) is 0 Å². The molecule has 0 radical (unpaired) electrons. The lowest BCUT2D eigenvalue weighted by atomic mass is 10.1. The number of amides is 1. The second-order valence-electron chi connectivity index (χ2n) is 6.45. The van der Waals surface area contributed by atoms with Crippen LogP contribution in [-0.4, -0.2) is 25.5 Å². The van der Waals surface area contributed by atoms with Crippen molar-refractivity contribution in [1.82, 2.24) is 19.6 Å². The summed E-state index contributed by atoms with van der Waals surface area (Å²) in [5.41, 5.74) is 4.90. The molecule has 0 spiro atoms. The third kappa shape index (κ3) is 3.72. The number of hydrogen-bond acceptors (Lipinski definition) is 3. The largest absolute Gasteiger partial charge is 0.322 e. The van der Waals surface area contributed by atoms with Gasteiger partial charge in [-0.05, 0) is 54.8 Å². The van der Waals surface area contributed by atoms with E-state index in [0.29, 0.717) is 12.2 Å². The van der Waals surface area contributed by atoms with Crippen molar-refractivity contribution in [1.29, 1.82) is 0 Å². The summed E-state index contributed by atoms with van der Waals surface area (Å²) in [6.07, 6.45) is 3.51. The minimum Gasteiger partial charge on any atom is -0.322 e. The van der Waals surface area contributed by atoms with E-state index in [4.69, 9.17) is 0 Å². The molecule has 1 aromatic carbocycles. The Labute approximate surface area is 161 Å². The number of nitrogens with one attached hydrogen (secondary N) is 1. The number of anilines is 1. The number of aromatic nitrogens is 4. The summed E-state index contributed by atoms with van der Waals surface area (Å²) < 4.78 is 4.48. The Hall–Kier alpha value is -2.41. The van der Waals surface area contributed by atoms with Gasteiger partial charge >= 0.3 is 0 Å². The van der Waals surface area contributed by atoms with Gasteiger partial charge in [-0.3, -0.25) is 14.2 Å². The first-order valence-corrected chi connectivity index (χ1v) is 9.25. The van der Waals surface area contributed by atoms with Crippen LogP contribution >= 0.6 is 15.9 Å². The Morgan fingerprint density at radius 1 is 1.27 bits per heavy atom. The number of carbonyl (C=O) groups excluding carboxylic acids is 1. The van der Waals surface area contributed by atoms with Gasteiger partial charge in [0.05, 0.1) is 34.3 Å². The molecule has 2 aromatic heterocycles. The summed E-state index contributed by atoms with van der Waals surface area (Å²) >= 11 is 3.50. The van der Waals surface area contributed by atoms with E-state index in [1.165, 1.54) is 11.1 Å². The molecule has 0 fully saturated rings. The minimum absolute atomic E-state index is 0.126. The van der Waals surface area contributed by atoms with Crippen LogP contribution in [0.5, 0.6) is 0 Å². The lowest BCUT2D eigenvalue weighted by Crippen LogP contribution is -2.25. The van der Waals surface area contributed by atoms with Crippen LogP contribution in [0.15, 0.2) is 41.1 Å². The van der Waals surface area contributed by atoms with Crippen molar-refractivity contribution in [3.63, 3.8) is 0 Å². The molecule has 3 aromatic rings. The molecular formula is C19H22BrN5O. The number of nitrogens with zero attached hydrogens (tertiary/aromatic N) is 4. The van der Waals surface area contributed by atoms with Gasteiger partial charge in [-0.2, -0.15) is 10.2 Å². The summed E-state index contributed by atoms with van der Waals surface area (Å²) in [6.45, 7) is 8.43. The van der Waals surface area contributed by atoms with E-state index in [1.54, 1.807) is 10.9 Å². The van der Waals surface area contributed by atoms with E-state index in [0.717, 1.165) is 15.9 Å². The topological polar surface area (TPSA) is 64.7 Å². The van der Waals surface area contributed by atoms with Crippen LogP contribution in [0.1, 0.15) is 35.5 Å². The first kappa shape index (κ1) is 18.4. The van der Waals surface area contributed by atoms with Crippen LogP contribution in [0.3, 0.4) is 0 Å². The van der Waals surface area contributed by atoms with Crippen LogP contribution in [0, 0.1) is 20.8 Å². The molecule has 1 amide bonds. The highest BCUT2D eigenvalue weighted by molar-refractivity contribution is 9.10. The molecule has 0 aliphatic heterocycles. The predicted octanol–water partition coefficient (Wildman–Crippen LogP) is 4.02. The van der Waals surface area contributed by atoms with Crippen molar-refractivity contribution >= 4 is 27.5 Å². The Bertz CT molecular complexity index is 943. The lowest BCUT2D eigenvalue weighted by Gasteiger charge is -2.13. The molecule has 1 N–H and O–H groups in total. The first-order chi connectivity index (χ1) is 12.4. The number of aryl methyl sites for hydroxylation is 2. The second kappa shape index (κ2) is 7.45. The summed E-state index contributed by atoms with van der Waals surface area (Å²) in [4.78, 5) is 12.6. The molecule has 0 aliphatic rings. The fourth-order valence-corrected chi connectivity index (χ4v) is 3.12. The van der Waals surface area contributed by atoms with E-state index in [1.807, 2.05) is 43.8 Å². The molecule has 3 rings (SSSR count). The molecule has 0 aliphatic carbocycles. The molecule has 0 saturated heterocycles.